The van der Waals surface area contributed by atoms with Gasteiger partial charge in [-0.1, -0.05) is 55.8 Å². The molecule has 0 bridgehead atoms. The third-order valence-electron chi connectivity index (χ3n) is 7.12. The maximum absolute atomic E-state index is 14.2. The number of piperidine rings is 1. The third kappa shape index (κ3) is 5.13. The maximum atomic E-state index is 14.2. The number of ether oxygens (including phenoxy) is 1. The van der Waals surface area contributed by atoms with Crippen LogP contribution in [0.3, 0.4) is 0 Å². The van der Waals surface area contributed by atoms with E-state index in [9.17, 15) is 23.1 Å². The van der Waals surface area contributed by atoms with Crippen LogP contribution in [0.5, 0.6) is 17.2 Å². The molecule has 1 atom stereocenters. The van der Waals surface area contributed by atoms with Gasteiger partial charge >= 0.3 is 6.18 Å². The Balaban J connectivity index is 1.56. The van der Waals surface area contributed by atoms with Crippen LogP contribution in [0.1, 0.15) is 43.9 Å². The molecule has 2 heterocycles. The minimum Gasteiger partial charge on any atom is -0.507 e. The summed E-state index contributed by atoms with van der Waals surface area (Å²) >= 11 is 0. The predicted octanol–water partition coefficient (Wildman–Crippen LogP) is 7.74. The fourth-order valence-electron chi connectivity index (χ4n) is 5.12. The van der Waals surface area contributed by atoms with E-state index in [-0.39, 0.29) is 40.6 Å². The van der Waals surface area contributed by atoms with E-state index in [1.165, 1.54) is 24.3 Å². The Morgan fingerprint density at radius 3 is 2.39 bits per heavy atom. The van der Waals surface area contributed by atoms with Gasteiger partial charge in [0.1, 0.15) is 17.1 Å². The molecule has 3 aromatic carbocycles. The Labute approximate surface area is 218 Å². The molecule has 0 saturated carbocycles. The SMILES string of the molecule is CC[C@H]1CCCCN1Cc1c(O)ccc2c(=O)c(Oc3ccc(-c4ccccc4)cc3)c(C(F)(F)F)oc12. The fourth-order valence-corrected chi connectivity index (χ4v) is 5.12. The Morgan fingerprint density at radius 1 is 1.00 bits per heavy atom. The molecule has 0 spiro atoms. The fraction of sp³-hybridized carbons (Fsp3) is 0.300. The van der Waals surface area contributed by atoms with Gasteiger partial charge in [-0.3, -0.25) is 9.69 Å². The highest BCUT2D eigenvalue weighted by Crippen LogP contribution is 2.40. The third-order valence-corrected chi connectivity index (χ3v) is 7.12. The highest BCUT2D eigenvalue weighted by Gasteiger charge is 2.41. The molecular weight excluding hydrogens is 495 g/mol. The minimum absolute atomic E-state index is 0.0694. The summed E-state index contributed by atoms with van der Waals surface area (Å²) in [5, 5.41) is 10.5. The average Bonchev–Trinajstić information content (AvgIpc) is 2.92. The van der Waals surface area contributed by atoms with Gasteiger partial charge in [-0.15, -0.1) is 0 Å². The summed E-state index contributed by atoms with van der Waals surface area (Å²) in [6.07, 6.45) is -1.10. The Kier molecular flexibility index (Phi) is 7.17. The normalized spacial score (nSPS) is 16.6. The largest absolute Gasteiger partial charge is 0.507 e. The number of aromatic hydroxyl groups is 1. The van der Waals surface area contributed by atoms with Crippen molar-refractivity contribution in [3.05, 3.63) is 88.3 Å². The lowest BCUT2D eigenvalue weighted by Crippen LogP contribution is -2.38. The van der Waals surface area contributed by atoms with Gasteiger partial charge in [0.15, 0.2) is 0 Å². The van der Waals surface area contributed by atoms with Gasteiger partial charge in [-0.25, -0.2) is 0 Å². The molecule has 5 rings (SSSR count). The molecule has 0 radical (unpaired) electrons. The van der Waals surface area contributed by atoms with Crippen LogP contribution in [0.2, 0.25) is 0 Å². The molecule has 1 N–H and O–H groups in total. The summed E-state index contributed by atoms with van der Waals surface area (Å²) in [5.74, 6) is -2.60. The predicted molar refractivity (Wildman–Crippen MR) is 139 cm³/mol. The van der Waals surface area contributed by atoms with Crippen molar-refractivity contribution in [1.29, 1.82) is 0 Å². The number of hydrogen-bond acceptors (Lipinski definition) is 5. The molecule has 0 amide bonds. The van der Waals surface area contributed by atoms with Gasteiger partial charge in [0, 0.05) is 12.6 Å². The lowest BCUT2D eigenvalue weighted by Gasteiger charge is -2.35. The molecule has 5 nitrogen and oxygen atoms in total. The van der Waals surface area contributed by atoms with Gasteiger partial charge in [-0.05, 0) is 61.2 Å². The minimum atomic E-state index is -4.99. The zero-order chi connectivity index (χ0) is 26.9. The van der Waals surface area contributed by atoms with Crippen molar-refractivity contribution in [2.45, 2.75) is 51.4 Å². The summed E-state index contributed by atoms with van der Waals surface area (Å²) < 4.78 is 53.4. The topological polar surface area (TPSA) is 62.9 Å². The van der Waals surface area contributed by atoms with Crippen molar-refractivity contribution in [2.75, 3.05) is 6.54 Å². The summed E-state index contributed by atoms with van der Waals surface area (Å²) in [4.78, 5) is 15.5. The van der Waals surface area contributed by atoms with E-state index in [2.05, 4.69) is 11.8 Å². The molecule has 38 heavy (non-hydrogen) atoms. The van der Waals surface area contributed by atoms with Gasteiger partial charge in [0.25, 0.3) is 5.76 Å². The van der Waals surface area contributed by atoms with Crippen molar-refractivity contribution < 1.29 is 27.4 Å². The van der Waals surface area contributed by atoms with Crippen molar-refractivity contribution >= 4 is 11.0 Å². The summed E-state index contributed by atoms with van der Waals surface area (Å²) in [7, 11) is 0. The molecule has 1 aliphatic heterocycles. The molecular formula is C30H28F3NO4. The number of benzene rings is 3. The zero-order valence-corrected chi connectivity index (χ0v) is 20.9. The first kappa shape index (κ1) is 25.9. The number of nitrogens with zero attached hydrogens (tertiary/aromatic N) is 1. The first-order chi connectivity index (χ1) is 18.3. The lowest BCUT2D eigenvalue weighted by atomic mass is 9.98. The van der Waals surface area contributed by atoms with E-state index in [0.29, 0.717) is 0 Å². The molecule has 1 aromatic heterocycles. The monoisotopic (exact) mass is 523 g/mol. The first-order valence-corrected chi connectivity index (χ1v) is 12.7. The maximum Gasteiger partial charge on any atom is 0.453 e. The molecule has 1 aliphatic rings. The van der Waals surface area contributed by atoms with Crippen LogP contribution < -0.4 is 10.2 Å². The van der Waals surface area contributed by atoms with Gasteiger partial charge in [-0.2, -0.15) is 13.2 Å². The number of rotatable bonds is 6. The van der Waals surface area contributed by atoms with Crippen LogP contribution in [-0.4, -0.2) is 22.6 Å². The van der Waals surface area contributed by atoms with E-state index < -0.39 is 23.1 Å². The highest BCUT2D eigenvalue weighted by atomic mass is 19.4. The molecule has 4 aromatic rings. The van der Waals surface area contributed by atoms with Gasteiger partial charge in [0.2, 0.25) is 11.2 Å². The summed E-state index contributed by atoms with van der Waals surface area (Å²) in [6.45, 7) is 3.00. The first-order valence-electron chi connectivity index (χ1n) is 12.7. The Hall–Kier alpha value is -3.78. The Morgan fingerprint density at radius 2 is 1.71 bits per heavy atom. The van der Waals surface area contributed by atoms with Crippen molar-refractivity contribution in [3.8, 4) is 28.4 Å². The van der Waals surface area contributed by atoms with Crippen LogP contribution in [0, 0.1) is 0 Å². The lowest BCUT2D eigenvalue weighted by molar-refractivity contribution is -0.154. The second-order valence-corrected chi connectivity index (χ2v) is 9.55. The van der Waals surface area contributed by atoms with Gasteiger partial charge < -0.3 is 14.3 Å². The molecule has 8 heteroatoms. The zero-order valence-electron chi connectivity index (χ0n) is 20.9. The summed E-state index contributed by atoms with van der Waals surface area (Å²) in [6, 6.07) is 18.8. The summed E-state index contributed by atoms with van der Waals surface area (Å²) in [5.41, 5.74) is 0.741. The smallest absolute Gasteiger partial charge is 0.453 e. The number of fused-ring (bicyclic) bond motifs is 1. The van der Waals surface area contributed by atoms with E-state index in [0.717, 1.165) is 43.4 Å². The van der Waals surface area contributed by atoms with Crippen LogP contribution in [0.15, 0.2) is 75.9 Å². The van der Waals surface area contributed by atoms with E-state index in [1.54, 1.807) is 12.1 Å². The van der Waals surface area contributed by atoms with Crippen molar-refractivity contribution in [3.63, 3.8) is 0 Å². The quantitative estimate of drug-likeness (QED) is 0.280. The standard InChI is InChI=1S/C30H28F3NO4/c1-2-21-10-6-7-17-34(21)18-24-25(35)16-15-23-26(36)28(29(30(31,32)33)38-27(23)24)37-22-13-11-20(12-14-22)19-8-4-3-5-9-19/h3-5,8-9,11-16,21,35H,2,6-7,10,17-18H2,1H3/t21-/m0/s1. The van der Waals surface area contributed by atoms with Crippen LogP contribution in [0.25, 0.3) is 22.1 Å². The second-order valence-electron chi connectivity index (χ2n) is 9.55. The number of phenolic OH excluding ortho intramolecular Hbond substituents is 1. The van der Waals surface area contributed by atoms with E-state index in [1.807, 2.05) is 30.3 Å². The van der Waals surface area contributed by atoms with Crippen molar-refractivity contribution in [2.24, 2.45) is 0 Å². The average molecular weight is 524 g/mol. The van der Waals surface area contributed by atoms with Crippen molar-refractivity contribution in [1.82, 2.24) is 4.90 Å². The molecule has 1 fully saturated rings. The second kappa shape index (κ2) is 10.5. The number of phenols is 1. The number of alkyl halides is 3. The molecule has 0 unspecified atom stereocenters. The number of halogens is 3. The van der Waals surface area contributed by atoms with E-state index >= 15 is 0 Å². The molecule has 0 aliphatic carbocycles. The van der Waals surface area contributed by atoms with Crippen LogP contribution in [-0.2, 0) is 12.7 Å². The van der Waals surface area contributed by atoms with Crippen LogP contribution >= 0.6 is 0 Å². The highest BCUT2D eigenvalue weighted by molar-refractivity contribution is 5.83. The molecule has 198 valence electrons. The van der Waals surface area contributed by atoms with Gasteiger partial charge in [0.05, 0.1) is 10.9 Å². The number of hydrogen-bond donors (Lipinski definition) is 1. The van der Waals surface area contributed by atoms with Crippen LogP contribution in [0.4, 0.5) is 13.2 Å². The molecule has 1 saturated heterocycles. The Bertz CT molecular complexity index is 1480. The van der Waals surface area contributed by atoms with E-state index in [4.69, 9.17) is 9.15 Å². The number of likely N-dealkylation sites (tertiary alicyclic amines) is 1.